The molecule has 6 heteroatoms. The Morgan fingerprint density at radius 1 is 1.39 bits per heavy atom. The average molecular weight is 368 g/mol. The minimum absolute atomic E-state index is 0. The van der Waals surface area contributed by atoms with Crippen molar-refractivity contribution in [1.82, 2.24) is 15.5 Å². The van der Waals surface area contributed by atoms with Crippen LogP contribution < -0.4 is 10.6 Å². The van der Waals surface area contributed by atoms with E-state index in [9.17, 15) is 4.79 Å². The molecule has 0 aliphatic heterocycles. The smallest absolute Gasteiger partial charge is 0.243 e. The van der Waals surface area contributed by atoms with E-state index in [0.717, 1.165) is 5.57 Å². The Balaban J connectivity index is 0. The fourth-order valence-electron chi connectivity index (χ4n) is 0.949. The van der Waals surface area contributed by atoms with Gasteiger partial charge in [0.15, 0.2) is 5.96 Å². The Labute approximate surface area is 127 Å². The Kier molecular flexibility index (Phi) is 11.0. The Morgan fingerprint density at radius 3 is 2.33 bits per heavy atom. The first-order valence-corrected chi connectivity index (χ1v) is 5.72. The van der Waals surface area contributed by atoms with Crippen LogP contribution in [0.15, 0.2) is 17.1 Å². The zero-order chi connectivity index (χ0) is 13.4. The number of amides is 1. The summed E-state index contributed by atoms with van der Waals surface area (Å²) in [4.78, 5) is 17.2. The minimum Gasteiger partial charge on any atom is -0.354 e. The number of rotatable bonds is 5. The van der Waals surface area contributed by atoms with Gasteiger partial charge in [-0.25, -0.2) is 4.99 Å². The van der Waals surface area contributed by atoms with Crippen molar-refractivity contribution < 1.29 is 4.79 Å². The van der Waals surface area contributed by atoms with Crippen molar-refractivity contribution in [2.45, 2.75) is 26.8 Å². The highest BCUT2D eigenvalue weighted by Gasteiger charge is 2.05. The monoisotopic (exact) mass is 368 g/mol. The zero-order valence-electron chi connectivity index (χ0n) is 11.9. The van der Waals surface area contributed by atoms with Gasteiger partial charge in [-0.2, -0.15) is 0 Å². The molecule has 18 heavy (non-hydrogen) atoms. The van der Waals surface area contributed by atoms with Crippen LogP contribution in [0.1, 0.15) is 20.8 Å². The van der Waals surface area contributed by atoms with E-state index in [2.05, 4.69) is 22.2 Å². The number of carbonyl (C=O) groups is 1. The number of hydrogen-bond donors (Lipinski definition) is 2. The molecule has 0 aromatic heterocycles. The number of guanidine groups is 1. The van der Waals surface area contributed by atoms with Gasteiger partial charge in [0.25, 0.3) is 0 Å². The van der Waals surface area contributed by atoms with Crippen molar-refractivity contribution >= 4 is 35.8 Å². The van der Waals surface area contributed by atoms with Gasteiger partial charge in [0, 0.05) is 26.7 Å². The average Bonchev–Trinajstić information content (AvgIpc) is 2.20. The summed E-state index contributed by atoms with van der Waals surface area (Å²) in [6, 6.07) is 0.265. The minimum atomic E-state index is -0.0230. The van der Waals surface area contributed by atoms with Crippen LogP contribution in [0.4, 0.5) is 0 Å². The lowest BCUT2D eigenvalue weighted by Crippen LogP contribution is -2.42. The van der Waals surface area contributed by atoms with Crippen LogP contribution in [0.2, 0.25) is 0 Å². The number of carbonyl (C=O) groups excluding carboxylic acids is 1. The quantitative estimate of drug-likeness (QED) is 0.332. The maximum atomic E-state index is 11.4. The highest BCUT2D eigenvalue weighted by atomic mass is 127. The third kappa shape index (κ3) is 10.4. The summed E-state index contributed by atoms with van der Waals surface area (Å²) in [5.74, 6) is 0.614. The molecule has 2 N–H and O–H groups in total. The van der Waals surface area contributed by atoms with E-state index in [1.807, 2.05) is 20.8 Å². The summed E-state index contributed by atoms with van der Waals surface area (Å²) in [5.41, 5.74) is 1.02. The fourth-order valence-corrected chi connectivity index (χ4v) is 0.949. The first-order valence-electron chi connectivity index (χ1n) is 5.72. The number of aliphatic imine (C=N–C) groups is 1. The summed E-state index contributed by atoms with van der Waals surface area (Å²) in [5, 5.41) is 6.27. The van der Waals surface area contributed by atoms with Crippen molar-refractivity contribution in [3.05, 3.63) is 12.2 Å². The van der Waals surface area contributed by atoms with Crippen LogP contribution in [-0.2, 0) is 4.79 Å². The van der Waals surface area contributed by atoms with Crippen molar-refractivity contribution in [2.75, 3.05) is 27.2 Å². The van der Waals surface area contributed by atoms with Gasteiger partial charge in [-0.05, 0) is 20.8 Å². The third-order valence-electron chi connectivity index (χ3n) is 1.85. The Bertz CT molecular complexity index is 300. The first-order chi connectivity index (χ1) is 7.82. The lowest BCUT2D eigenvalue weighted by atomic mass is 10.3. The third-order valence-corrected chi connectivity index (χ3v) is 1.85. The van der Waals surface area contributed by atoms with Crippen LogP contribution in [-0.4, -0.2) is 50.0 Å². The molecule has 0 rings (SSSR count). The molecule has 0 unspecified atom stereocenters. The van der Waals surface area contributed by atoms with Gasteiger partial charge in [0.2, 0.25) is 5.91 Å². The SMILES string of the molecule is C=C(C)CNC(=NCC(=O)N(C)C)NC(C)C.I. The van der Waals surface area contributed by atoms with E-state index < -0.39 is 0 Å². The van der Waals surface area contributed by atoms with Crippen LogP contribution in [0.5, 0.6) is 0 Å². The van der Waals surface area contributed by atoms with Gasteiger partial charge in [-0.3, -0.25) is 4.79 Å². The molecule has 0 bridgehead atoms. The largest absolute Gasteiger partial charge is 0.354 e. The van der Waals surface area contributed by atoms with Gasteiger partial charge in [-0.15, -0.1) is 24.0 Å². The van der Waals surface area contributed by atoms with Gasteiger partial charge < -0.3 is 15.5 Å². The predicted molar refractivity (Wildman–Crippen MR) is 87.5 cm³/mol. The summed E-state index contributed by atoms with van der Waals surface area (Å²) in [6.45, 7) is 10.6. The van der Waals surface area contributed by atoms with E-state index in [1.54, 1.807) is 14.1 Å². The van der Waals surface area contributed by atoms with E-state index in [-0.39, 0.29) is 42.5 Å². The van der Waals surface area contributed by atoms with Crippen molar-refractivity contribution in [2.24, 2.45) is 4.99 Å². The van der Waals surface area contributed by atoms with Crippen LogP contribution in [0, 0.1) is 0 Å². The molecule has 1 amide bonds. The highest BCUT2D eigenvalue weighted by molar-refractivity contribution is 14.0. The zero-order valence-corrected chi connectivity index (χ0v) is 14.2. The first kappa shape index (κ1) is 19.5. The summed E-state index contributed by atoms with van der Waals surface area (Å²) < 4.78 is 0. The van der Waals surface area contributed by atoms with Crippen LogP contribution in [0.25, 0.3) is 0 Å². The fraction of sp³-hybridized carbons (Fsp3) is 0.667. The van der Waals surface area contributed by atoms with E-state index in [0.29, 0.717) is 12.5 Å². The van der Waals surface area contributed by atoms with Crippen LogP contribution >= 0.6 is 24.0 Å². The van der Waals surface area contributed by atoms with Gasteiger partial charge in [0.1, 0.15) is 6.54 Å². The second-order valence-corrected chi connectivity index (χ2v) is 4.56. The molecule has 0 aliphatic carbocycles. The van der Waals surface area contributed by atoms with Crippen LogP contribution in [0.3, 0.4) is 0 Å². The van der Waals surface area contributed by atoms with Gasteiger partial charge in [-0.1, -0.05) is 12.2 Å². The molecular formula is C12H25IN4O. The molecule has 0 atom stereocenters. The van der Waals surface area contributed by atoms with Crippen molar-refractivity contribution in [3.63, 3.8) is 0 Å². The second kappa shape index (κ2) is 10.2. The molecule has 0 radical (unpaired) electrons. The second-order valence-electron chi connectivity index (χ2n) is 4.56. The number of likely N-dealkylation sites (N-methyl/N-ethyl adjacent to an activating group) is 1. The van der Waals surface area contributed by atoms with Gasteiger partial charge in [0.05, 0.1) is 0 Å². The predicted octanol–water partition coefficient (Wildman–Crippen LogP) is 1.21. The molecule has 5 nitrogen and oxygen atoms in total. The maximum Gasteiger partial charge on any atom is 0.243 e. The molecule has 0 fully saturated rings. The van der Waals surface area contributed by atoms with Crippen molar-refractivity contribution in [1.29, 1.82) is 0 Å². The molecule has 0 aromatic carbocycles. The Morgan fingerprint density at radius 2 is 1.94 bits per heavy atom. The molecule has 0 aliphatic rings. The summed E-state index contributed by atoms with van der Waals surface area (Å²) in [7, 11) is 3.43. The normalized spacial score (nSPS) is 10.7. The lowest BCUT2D eigenvalue weighted by Gasteiger charge is -2.15. The highest BCUT2D eigenvalue weighted by Crippen LogP contribution is 1.86. The number of hydrogen-bond acceptors (Lipinski definition) is 2. The molecule has 0 heterocycles. The summed E-state index contributed by atoms with van der Waals surface area (Å²) in [6.07, 6.45) is 0. The number of nitrogens with one attached hydrogen (secondary N) is 2. The molecule has 0 saturated carbocycles. The number of halogens is 1. The molecule has 106 valence electrons. The standard InChI is InChI=1S/C12H24N4O.HI/c1-9(2)7-13-12(15-10(3)4)14-8-11(17)16(5)6;/h10H,1,7-8H2,2-6H3,(H2,13,14,15);1H. The Hall–Kier alpha value is -0.790. The van der Waals surface area contributed by atoms with Crippen molar-refractivity contribution in [3.8, 4) is 0 Å². The van der Waals surface area contributed by atoms with E-state index in [4.69, 9.17) is 0 Å². The molecular weight excluding hydrogens is 343 g/mol. The number of nitrogens with zero attached hydrogens (tertiary/aromatic N) is 2. The molecule has 0 spiro atoms. The van der Waals surface area contributed by atoms with Gasteiger partial charge >= 0.3 is 0 Å². The van der Waals surface area contributed by atoms with E-state index >= 15 is 0 Å². The topological polar surface area (TPSA) is 56.7 Å². The maximum absolute atomic E-state index is 11.4. The summed E-state index contributed by atoms with van der Waals surface area (Å²) >= 11 is 0. The lowest BCUT2D eigenvalue weighted by molar-refractivity contribution is -0.127. The molecule has 0 saturated heterocycles. The molecule has 0 aromatic rings. The van der Waals surface area contributed by atoms with E-state index in [1.165, 1.54) is 4.90 Å².